The Kier molecular flexibility index (Phi) is 2.88. The van der Waals surface area contributed by atoms with Crippen LogP contribution in [-0.4, -0.2) is 35.2 Å². The summed E-state index contributed by atoms with van der Waals surface area (Å²) < 4.78 is 0. The van der Waals surface area contributed by atoms with E-state index in [-0.39, 0.29) is 6.23 Å². The first kappa shape index (κ1) is 8.53. The largest absolute Gasteiger partial charge is 0.374 e. The standard InChI is InChI=1S/C8H16N2O/c1-3-4-8-9-5-6-10(8)7(2)11/h7,11H,3-6H2,1-2H3. The lowest BCUT2D eigenvalue weighted by molar-refractivity contribution is 0.0767. The van der Waals surface area contributed by atoms with Gasteiger partial charge in [0.05, 0.1) is 6.54 Å². The Hall–Kier alpha value is -0.570. The Morgan fingerprint density at radius 2 is 2.45 bits per heavy atom. The van der Waals surface area contributed by atoms with Gasteiger partial charge in [-0.05, 0) is 13.3 Å². The van der Waals surface area contributed by atoms with E-state index >= 15 is 0 Å². The molecular formula is C8H16N2O. The van der Waals surface area contributed by atoms with Crippen molar-refractivity contribution in [3.63, 3.8) is 0 Å². The summed E-state index contributed by atoms with van der Waals surface area (Å²) >= 11 is 0. The molecule has 0 amide bonds. The third-order valence-corrected chi connectivity index (χ3v) is 1.89. The van der Waals surface area contributed by atoms with E-state index in [0.29, 0.717) is 0 Å². The number of hydrogen-bond acceptors (Lipinski definition) is 3. The van der Waals surface area contributed by atoms with Crippen molar-refractivity contribution in [3.05, 3.63) is 0 Å². The van der Waals surface area contributed by atoms with Crippen LogP contribution in [0.25, 0.3) is 0 Å². The Balaban J connectivity index is 2.48. The van der Waals surface area contributed by atoms with Gasteiger partial charge in [0.2, 0.25) is 0 Å². The van der Waals surface area contributed by atoms with Crippen LogP contribution in [0.5, 0.6) is 0 Å². The fourth-order valence-corrected chi connectivity index (χ4v) is 1.36. The zero-order valence-electron chi connectivity index (χ0n) is 7.25. The molecule has 1 rings (SSSR count). The van der Waals surface area contributed by atoms with Gasteiger partial charge in [-0.3, -0.25) is 4.99 Å². The van der Waals surface area contributed by atoms with Crippen molar-refractivity contribution in [2.75, 3.05) is 13.1 Å². The molecule has 1 aliphatic heterocycles. The first-order valence-corrected chi connectivity index (χ1v) is 4.23. The SMILES string of the molecule is CCCC1=NCCN1C(C)O. The molecule has 0 aromatic carbocycles. The van der Waals surface area contributed by atoms with Crippen LogP contribution >= 0.6 is 0 Å². The minimum atomic E-state index is -0.372. The summed E-state index contributed by atoms with van der Waals surface area (Å²) in [7, 11) is 0. The lowest BCUT2D eigenvalue weighted by Crippen LogP contribution is -2.35. The molecule has 0 radical (unpaired) electrons. The fraction of sp³-hybridized carbons (Fsp3) is 0.875. The summed E-state index contributed by atoms with van der Waals surface area (Å²) in [5, 5.41) is 9.29. The topological polar surface area (TPSA) is 35.8 Å². The van der Waals surface area contributed by atoms with E-state index in [1.54, 1.807) is 6.92 Å². The van der Waals surface area contributed by atoms with E-state index < -0.39 is 0 Å². The summed E-state index contributed by atoms with van der Waals surface area (Å²) in [5.74, 6) is 1.07. The fourth-order valence-electron chi connectivity index (χ4n) is 1.36. The van der Waals surface area contributed by atoms with Gasteiger partial charge in [-0.1, -0.05) is 6.92 Å². The lowest BCUT2D eigenvalue weighted by atomic mass is 10.3. The highest BCUT2D eigenvalue weighted by Gasteiger charge is 2.18. The maximum Gasteiger partial charge on any atom is 0.125 e. The summed E-state index contributed by atoms with van der Waals surface area (Å²) in [6, 6.07) is 0. The van der Waals surface area contributed by atoms with E-state index in [1.165, 1.54) is 0 Å². The van der Waals surface area contributed by atoms with E-state index in [9.17, 15) is 5.11 Å². The molecule has 1 atom stereocenters. The van der Waals surface area contributed by atoms with Gasteiger partial charge in [-0.2, -0.15) is 0 Å². The molecule has 0 aliphatic carbocycles. The molecule has 0 spiro atoms. The lowest BCUT2D eigenvalue weighted by Gasteiger charge is -2.22. The van der Waals surface area contributed by atoms with Crippen LogP contribution in [0.2, 0.25) is 0 Å². The van der Waals surface area contributed by atoms with Crippen molar-refractivity contribution in [2.45, 2.75) is 32.9 Å². The maximum absolute atomic E-state index is 9.29. The smallest absolute Gasteiger partial charge is 0.125 e. The van der Waals surface area contributed by atoms with E-state index in [1.807, 2.05) is 4.90 Å². The number of aliphatic hydroxyl groups is 1. The second-order valence-electron chi connectivity index (χ2n) is 2.87. The number of aliphatic hydroxyl groups excluding tert-OH is 1. The van der Waals surface area contributed by atoms with Crippen molar-refractivity contribution < 1.29 is 5.11 Å². The van der Waals surface area contributed by atoms with Crippen LogP contribution in [-0.2, 0) is 0 Å². The van der Waals surface area contributed by atoms with Gasteiger partial charge in [0.1, 0.15) is 12.1 Å². The number of aliphatic imine (C=N–C) groups is 1. The average molecular weight is 156 g/mol. The van der Waals surface area contributed by atoms with Crippen LogP contribution in [0.15, 0.2) is 4.99 Å². The van der Waals surface area contributed by atoms with E-state index in [4.69, 9.17) is 0 Å². The molecule has 1 unspecified atom stereocenters. The molecule has 0 fully saturated rings. The molecule has 1 N–H and O–H groups in total. The van der Waals surface area contributed by atoms with Crippen molar-refractivity contribution >= 4 is 5.84 Å². The van der Waals surface area contributed by atoms with Gasteiger partial charge in [0.15, 0.2) is 0 Å². The van der Waals surface area contributed by atoms with Crippen LogP contribution in [0, 0.1) is 0 Å². The minimum absolute atomic E-state index is 0.372. The Bertz CT molecular complexity index is 154. The van der Waals surface area contributed by atoms with Crippen molar-refractivity contribution in [2.24, 2.45) is 4.99 Å². The predicted molar refractivity (Wildman–Crippen MR) is 45.6 cm³/mol. The summed E-state index contributed by atoms with van der Waals surface area (Å²) in [4.78, 5) is 6.27. The predicted octanol–water partition coefficient (Wildman–Crippen LogP) is 0.839. The highest BCUT2D eigenvalue weighted by Crippen LogP contribution is 2.09. The third-order valence-electron chi connectivity index (χ3n) is 1.89. The van der Waals surface area contributed by atoms with Gasteiger partial charge in [-0.15, -0.1) is 0 Å². The summed E-state index contributed by atoms with van der Waals surface area (Å²) in [6.07, 6.45) is 1.72. The van der Waals surface area contributed by atoms with Crippen molar-refractivity contribution in [1.82, 2.24) is 4.90 Å². The summed E-state index contributed by atoms with van der Waals surface area (Å²) in [6.45, 7) is 5.64. The quantitative estimate of drug-likeness (QED) is 0.657. The normalized spacial score (nSPS) is 20.3. The molecule has 3 nitrogen and oxygen atoms in total. The zero-order chi connectivity index (χ0) is 8.27. The molecule has 1 aliphatic rings. The van der Waals surface area contributed by atoms with Crippen LogP contribution in [0.4, 0.5) is 0 Å². The number of nitrogens with zero attached hydrogens (tertiary/aromatic N) is 2. The third kappa shape index (κ3) is 1.93. The number of hydrogen-bond donors (Lipinski definition) is 1. The van der Waals surface area contributed by atoms with Gasteiger partial charge >= 0.3 is 0 Å². The monoisotopic (exact) mass is 156 g/mol. The van der Waals surface area contributed by atoms with Gasteiger partial charge in [0, 0.05) is 13.0 Å². The molecule has 0 bridgehead atoms. The Morgan fingerprint density at radius 3 is 3.00 bits per heavy atom. The van der Waals surface area contributed by atoms with Crippen molar-refractivity contribution in [3.8, 4) is 0 Å². The highest BCUT2D eigenvalue weighted by molar-refractivity contribution is 5.83. The summed E-state index contributed by atoms with van der Waals surface area (Å²) in [5.41, 5.74) is 0. The number of amidine groups is 1. The molecule has 0 saturated heterocycles. The molecule has 11 heavy (non-hydrogen) atoms. The van der Waals surface area contributed by atoms with Crippen LogP contribution in [0.1, 0.15) is 26.7 Å². The van der Waals surface area contributed by atoms with E-state index in [2.05, 4.69) is 11.9 Å². The molecule has 3 heteroatoms. The van der Waals surface area contributed by atoms with Crippen molar-refractivity contribution in [1.29, 1.82) is 0 Å². The molecule has 64 valence electrons. The van der Waals surface area contributed by atoms with Gasteiger partial charge in [-0.25, -0.2) is 0 Å². The number of rotatable bonds is 3. The molecule has 0 saturated carbocycles. The van der Waals surface area contributed by atoms with Crippen LogP contribution in [0.3, 0.4) is 0 Å². The Labute approximate surface area is 67.7 Å². The molecule has 0 aromatic rings. The molecule has 0 aromatic heterocycles. The highest BCUT2D eigenvalue weighted by atomic mass is 16.3. The molecular weight excluding hydrogens is 140 g/mol. The van der Waals surface area contributed by atoms with Gasteiger partial charge < -0.3 is 10.0 Å². The van der Waals surface area contributed by atoms with Gasteiger partial charge in [0.25, 0.3) is 0 Å². The second-order valence-corrected chi connectivity index (χ2v) is 2.87. The Morgan fingerprint density at radius 1 is 1.73 bits per heavy atom. The zero-order valence-corrected chi connectivity index (χ0v) is 7.25. The maximum atomic E-state index is 9.29. The molecule has 1 heterocycles. The van der Waals surface area contributed by atoms with E-state index in [0.717, 1.165) is 31.8 Å². The first-order valence-electron chi connectivity index (χ1n) is 4.23. The van der Waals surface area contributed by atoms with Crippen LogP contribution < -0.4 is 0 Å². The second kappa shape index (κ2) is 3.72. The first-order chi connectivity index (χ1) is 5.25. The minimum Gasteiger partial charge on any atom is -0.374 e. The average Bonchev–Trinajstić information content (AvgIpc) is 2.36.